The molecule has 0 unspecified atom stereocenters. The summed E-state index contributed by atoms with van der Waals surface area (Å²) in [4.78, 5) is 25.9. The van der Waals surface area contributed by atoms with E-state index < -0.39 is 0 Å². The number of H-pyrrole nitrogens is 1. The molecule has 5 nitrogen and oxygen atoms in total. The molecule has 5 heteroatoms. The van der Waals surface area contributed by atoms with E-state index in [0.717, 1.165) is 27.7 Å². The summed E-state index contributed by atoms with van der Waals surface area (Å²) in [6.07, 6.45) is 4.33. The van der Waals surface area contributed by atoms with E-state index in [0.29, 0.717) is 23.2 Å². The number of aromatic nitrogens is 2. The number of nitrogens with zero attached hydrogens (tertiary/aromatic N) is 1. The van der Waals surface area contributed by atoms with Gasteiger partial charge in [0.2, 0.25) is 5.91 Å². The fourth-order valence-electron chi connectivity index (χ4n) is 4.34. The number of rotatable bonds is 8. The third kappa shape index (κ3) is 5.73. The number of anilines is 1. The summed E-state index contributed by atoms with van der Waals surface area (Å²) in [5.41, 5.74) is 5.48. The molecule has 0 aliphatic heterocycles. The van der Waals surface area contributed by atoms with Gasteiger partial charge in [-0.3, -0.25) is 14.7 Å². The molecule has 0 radical (unpaired) electrons. The molecule has 1 atom stereocenters. The van der Waals surface area contributed by atoms with Gasteiger partial charge in [0, 0.05) is 28.6 Å². The van der Waals surface area contributed by atoms with E-state index in [-0.39, 0.29) is 17.6 Å². The number of hydrogen-bond acceptors (Lipinski definition) is 3. The van der Waals surface area contributed by atoms with Crippen LogP contribution in [0.1, 0.15) is 52.0 Å². The van der Waals surface area contributed by atoms with Crippen LogP contribution < -0.4 is 5.32 Å². The number of aromatic amines is 1. The van der Waals surface area contributed by atoms with Gasteiger partial charge in [-0.05, 0) is 47.4 Å². The van der Waals surface area contributed by atoms with Crippen LogP contribution in [0.5, 0.6) is 0 Å². The monoisotopic (exact) mass is 485 g/mol. The molecule has 4 aromatic carbocycles. The van der Waals surface area contributed by atoms with E-state index in [2.05, 4.69) is 15.5 Å². The van der Waals surface area contributed by atoms with Gasteiger partial charge in [0.05, 0.1) is 11.2 Å². The van der Waals surface area contributed by atoms with Crippen molar-refractivity contribution in [2.75, 3.05) is 5.32 Å². The highest BCUT2D eigenvalue weighted by Crippen LogP contribution is 2.23. The number of carbonyl (C=O) groups excluding carboxylic acids is 2. The van der Waals surface area contributed by atoms with Crippen molar-refractivity contribution in [3.8, 4) is 0 Å². The summed E-state index contributed by atoms with van der Waals surface area (Å²) in [6, 6.07) is 32.6. The lowest BCUT2D eigenvalue weighted by molar-refractivity contribution is -0.116. The van der Waals surface area contributed by atoms with Crippen LogP contribution in [0.2, 0.25) is 0 Å². The summed E-state index contributed by atoms with van der Waals surface area (Å²) in [5, 5.41) is 11.3. The Morgan fingerprint density at radius 2 is 1.57 bits per heavy atom. The molecule has 1 heterocycles. The highest BCUT2D eigenvalue weighted by atomic mass is 16.1. The Bertz CT molecular complexity index is 1570. The number of carbonyl (C=O) groups is 2. The predicted molar refractivity (Wildman–Crippen MR) is 149 cm³/mol. The highest BCUT2D eigenvalue weighted by molar-refractivity contribution is 6.11. The highest BCUT2D eigenvalue weighted by Gasteiger charge is 2.14. The van der Waals surface area contributed by atoms with Gasteiger partial charge in [-0.25, -0.2) is 0 Å². The summed E-state index contributed by atoms with van der Waals surface area (Å²) in [5.74, 6) is -0.109. The van der Waals surface area contributed by atoms with Crippen molar-refractivity contribution < 1.29 is 9.59 Å². The van der Waals surface area contributed by atoms with E-state index >= 15 is 0 Å². The molecule has 0 spiro atoms. The maximum Gasteiger partial charge on any atom is 0.224 e. The van der Waals surface area contributed by atoms with Gasteiger partial charge >= 0.3 is 0 Å². The average molecular weight is 486 g/mol. The summed E-state index contributed by atoms with van der Waals surface area (Å²) in [7, 11) is 0. The van der Waals surface area contributed by atoms with Gasteiger partial charge in [0.1, 0.15) is 0 Å². The lowest BCUT2D eigenvalue weighted by Gasteiger charge is -2.12. The van der Waals surface area contributed by atoms with Gasteiger partial charge in [0.25, 0.3) is 0 Å². The Kier molecular flexibility index (Phi) is 7.04. The van der Waals surface area contributed by atoms with Crippen LogP contribution in [0.3, 0.4) is 0 Å². The van der Waals surface area contributed by atoms with Crippen LogP contribution in [-0.4, -0.2) is 21.9 Å². The Hall–Kier alpha value is -4.77. The fraction of sp³-hybridized carbons (Fsp3) is 0.0938. The van der Waals surface area contributed by atoms with Crippen molar-refractivity contribution >= 4 is 40.4 Å². The van der Waals surface area contributed by atoms with Gasteiger partial charge in [-0.15, -0.1) is 0 Å². The van der Waals surface area contributed by atoms with E-state index in [4.69, 9.17) is 0 Å². The van der Waals surface area contributed by atoms with Crippen molar-refractivity contribution in [2.24, 2.45) is 0 Å². The van der Waals surface area contributed by atoms with Crippen LogP contribution in [0.25, 0.3) is 23.1 Å². The second-order valence-electron chi connectivity index (χ2n) is 9.09. The Balaban J connectivity index is 1.28. The first-order valence-electron chi connectivity index (χ1n) is 12.3. The first-order valence-corrected chi connectivity index (χ1v) is 12.3. The lowest BCUT2D eigenvalue weighted by Crippen LogP contribution is -2.14. The SMILES string of the molecule is C[C@@H](CC(=O)Nc1cccc(C(=O)c2ccc3c(/C=C/c4ccccc4)n[nH]c3c2)c1)c1ccccc1. The molecule has 1 aromatic heterocycles. The topological polar surface area (TPSA) is 74.8 Å². The molecule has 5 aromatic rings. The quantitative estimate of drug-likeness (QED) is 0.230. The van der Waals surface area contributed by atoms with Crippen LogP contribution >= 0.6 is 0 Å². The van der Waals surface area contributed by atoms with Gasteiger partial charge in [-0.1, -0.05) is 91.9 Å². The van der Waals surface area contributed by atoms with Crippen LogP contribution in [0.4, 0.5) is 5.69 Å². The molecule has 5 rings (SSSR count). The zero-order chi connectivity index (χ0) is 25.6. The largest absolute Gasteiger partial charge is 0.326 e. The second kappa shape index (κ2) is 10.9. The third-order valence-electron chi connectivity index (χ3n) is 6.36. The van der Waals surface area contributed by atoms with Crippen molar-refractivity contribution in [1.82, 2.24) is 10.2 Å². The Morgan fingerprint density at radius 3 is 2.35 bits per heavy atom. The number of ketones is 1. The molecule has 2 N–H and O–H groups in total. The Morgan fingerprint density at radius 1 is 0.838 bits per heavy atom. The molecule has 0 aliphatic rings. The minimum Gasteiger partial charge on any atom is -0.326 e. The third-order valence-corrected chi connectivity index (χ3v) is 6.36. The molecule has 0 saturated heterocycles. The number of benzene rings is 4. The van der Waals surface area contributed by atoms with E-state index in [9.17, 15) is 9.59 Å². The first-order chi connectivity index (χ1) is 18.1. The maximum atomic E-state index is 13.2. The molecule has 0 fully saturated rings. The second-order valence-corrected chi connectivity index (χ2v) is 9.09. The molecule has 0 saturated carbocycles. The van der Waals surface area contributed by atoms with E-state index in [1.165, 1.54) is 0 Å². The average Bonchev–Trinajstić information content (AvgIpc) is 3.35. The van der Waals surface area contributed by atoms with E-state index in [1.54, 1.807) is 24.3 Å². The summed E-state index contributed by atoms with van der Waals surface area (Å²) in [6.45, 7) is 2.03. The molecule has 0 aliphatic carbocycles. The van der Waals surface area contributed by atoms with Gasteiger partial charge in [0.15, 0.2) is 5.78 Å². The smallest absolute Gasteiger partial charge is 0.224 e. The lowest BCUT2D eigenvalue weighted by atomic mass is 9.97. The fourth-order valence-corrected chi connectivity index (χ4v) is 4.34. The predicted octanol–water partition coefficient (Wildman–Crippen LogP) is 7.10. The van der Waals surface area contributed by atoms with E-state index in [1.807, 2.05) is 97.9 Å². The van der Waals surface area contributed by atoms with Crippen LogP contribution in [-0.2, 0) is 4.79 Å². The maximum absolute atomic E-state index is 13.2. The number of nitrogens with one attached hydrogen (secondary N) is 2. The van der Waals surface area contributed by atoms with Crippen LogP contribution in [0.15, 0.2) is 103 Å². The minimum atomic E-state index is -0.119. The number of amides is 1. The summed E-state index contributed by atoms with van der Waals surface area (Å²) >= 11 is 0. The zero-order valence-electron chi connectivity index (χ0n) is 20.5. The molecular weight excluding hydrogens is 458 g/mol. The van der Waals surface area contributed by atoms with Crippen molar-refractivity contribution in [1.29, 1.82) is 0 Å². The Labute approximate surface area is 215 Å². The van der Waals surface area contributed by atoms with Crippen molar-refractivity contribution in [2.45, 2.75) is 19.3 Å². The van der Waals surface area contributed by atoms with Crippen LogP contribution in [0, 0.1) is 0 Å². The summed E-state index contributed by atoms with van der Waals surface area (Å²) < 4.78 is 0. The van der Waals surface area contributed by atoms with Crippen molar-refractivity contribution in [3.63, 3.8) is 0 Å². The van der Waals surface area contributed by atoms with Gasteiger partial charge < -0.3 is 5.32 Å². The molecule has 37 heavy (non-hydrogen) atoms. The molecular formula is C32H27N3O2. The molecule has 0 bridgehead atoms. The number of hydrogen-bond donors (Lipinski definition) is 2. The molecule has 182 valence electrons. The normalized spacial score (nSPS) is 12.0. The van der Waals surface area contributed by atoms with Gasteiger partial charge in [-0.2, -0.15) is 5.10 Å². The first kappa shape index (κ1) is 23.9. The number of fused-ring (bicyclic) bond motifs is 1. The zero-order valence-corrected chi connectivity index (χ0v) is 20.5. The minimum absolute atomic E-state index is 0.0871. The van der Waals surface area contributed by atoms with Crippen molar-refractivity contribution in [3.05, 3.63) is 131 Å². The molecule has 1 amide bonds. The standard InChI is InChI=1S/C32H27N3O2/c1-22(24-11-6-3-7-12-24)19-31(36)33-27-14-8-13-25(20-27)32(37)26-16-17-28-29(34-35-30(28)21-26)18-15-23-9-4-2-5-10-23/h2-18,20-22H,19H2,1H3,(H,33,36)(H,34,35)/b18-15+/t22-/m0/s1.